The normalized spacial score (nSPS) is 16.5. The van der Waals surface area contributed by atoms with Crippen LogP contribution >= 0.6 is 11.8 Å². The number of thioether (sulfide) groups is 1. The number of carbonyl (C=O) groups excluding carboxylic acids is 1. The average molecular weight is 294 g/mol. The maximum Gasteiger partial charge on any atom is 0.326 e. The molecule has 0 saturated carbocycles. The number of rotatable bonds is 4. The number of aliphatic carboxylic acids is 1. The molecule has 2 rings (SSSR count). The van der Waals surface area contributed by atoms with E-state index in [1.807, 2.05) is 30.3 Å². The molecular formula is C14H18N2O3S. The van der Waals surface area contributed by atoms with E-state index in [1.54, 1.807) is 16.7 Å². The zero-order chi connectivity index (χ0) is 14.4. The maximum atomic E-state index is 12.0. The van der Waals surface area contributed by atoms with Gasteiger partial charge < -0.3 is 15.3 Å². The molecule has 1 aromatic rings. The molecule has 2 N–H and O–H groups in total. The van der Waals surface area contributed by atoms with Crippen molar-refractivity contribution in [2.75, 3.05) is 24.6 Å². The predicted octanol–water partition coefficient (Wildman–Crippen LogP) is 1.44. The molecule has 1 aromatic carbocycles. The first-order chi connectivity index (χ1) is 9.66. The van der Waals surface area contributed by atoms with Crippen LogP contribution in [0.1, 0.15) is 5.56 Å². The Kier molecular flexibility index (Phi) is 5.29. The van der Waals surface area contributed by atoms with Gasteiger partial charge in [-0.1, -0.05) is 30.3 Å². The highest BCUT2D eigenvalue weighted by Gasteiger charge is 2.24. The zero-order valence-electron chi connectivity index (χ0n) is 11.1. The van der Waals surface area contributed by atoms with Crippen LogP contribution in [0.4, 0.5) is 4.79 Å². The van der Waals surface area contributed by atoms with Gasteiger partial charge in [0.05, 0.1) is 0 Å². The number of benzene rings is 1. The minimum Gasteiger partial charge on any atom is -0.480 e. The van der Waals surface area contributed by atoms with Gasteiger partial charge in [-0.2, -0.15) is 11.8 Å². The molecular weight excluding hydrogens is 276 g/mol. The Labute approximate surface area is 122 Å². The molecule has 1 atom stereocenters. The van der Waals surface area contributed by atoms with Crippen LogP contribution < -0.4 is 5.32 Å². The van der Waals surface area contributed by atoms with Crippen LogP contribution in [-0.2, 0) is 11.2 Å². The molecule has 0 bridgehead atoms. The molecule has 1 fully saturated rings. The third-order valence-electron chi connectivity index (χ3n) is 3.18. The van der Waals surface area contributed by atoms with E-state index in [0.29, 0.717) is 19.5 Å². The van der Waals surface area contributed by atoms with Crippen LogP contribution in [0.2, 0.25) is 0 Å². The van der Waals surface area contributed by atoms with Gasteiger partial charge in [-0.15, -0.1) is 0 Å². The first kappa shape index (κ1) is 14.7. The van der Waals surface area contributed by atoms with Crippen LogP contribution in [0.15, 0.2) is 30.3 Å². The molecule has 1 saturated heterocycles. The summed E-state index contributed by atoms with van der Waals surface area (Å²) in [5.74, 6) is 0.807. The number of nitrogens with zero attached hydrogens (tertiary/aromatic N) is 1. The Balaban J connectivity index is 1.95. The third kappa shape index (κ3) is 4.16. The monoisotopic (exact) mass is 294 g/mol. The second-order valence-corrected chi connectivity index (χ2v) is 5.85. The van der Waals surface area contributed by atoms with E-state index in [2.05, 4.69) is 5.32 Å². The summed E-state index contributed by atoms with van der Waals surface area (Å²) in [7, 11) is 0. The van der Waals surface area contributed by atoms with E-state index in [9.17, 15) is 14.7 Å². The Hall–Kier alpha value is -1.69. The van der Waals surface area contributed by atoms with Gasteiger partial charge in [0.15, 0.2) is 0 Å². The Morgan fingerprint density at radius 3 is 2.50 bits per heavy atom. The summed E-state index contributed by atoms with van der Waals surface area (Å²) in [5, 5.41) is 11.9. The van der Waals surface area contributed by atoms with Gasteiger partial charge in [0.2, 0.25) is 0 Å². The minimum absolute atomic E-state index is 0.284. The predicted molar refractivity (Wildman–Crippen MR) is 79.0 cm³/mol. The quantitative estimate of drug-likeness (QED) is 0.881. The van der Waals surface area contributed by atoms with Crippen molar-refractivity contribution < 1.29 is 14.7 Å². The van der Waals surface area contributed by atoms with Crippen molar-refractivity contribution in [3.8, 4) is 0 Å². The number of nitrogens with one attached hydrogen (secondary N) is 1. The fourth-order valence-corrected chi connectivity index (χ4v) is 2.96. The maximum absolute atomic E-state index is 12.0. The van der Waals surface area contributed by atoms with E-state index in [1.165, 1.54) is 0 Å². The van der Waals surface area contributed by atoms with E-state index >= 15 is 0 Å². The van der Waals surface area contributed by atoms with Gasteiger partial charge in [-0.3, -0.25) is 0 Å². The topological polar surface area (TPSA) is 69.6 Å². The molecule has 2 amide bonds. The van der Waals surface area contributed by atoms with Crippen molar-refractivity contribution in [3.63, 3.8) is 0 Å². The lowest BCUT2D eigenvalue weighted by Crippen LogP contribution is -2.51. The standard InChI is InChI=1S/C14H18N2O3S/c17-13(18)12(10-11-4-2-1-3-5-11)15-14(19)16-6-8-20-9-7-16/h1-5,12H,6-10H2,(H,15,19)(H,17,18)/t12-/m0/s1. The number of carbonyl (C=O) groups is 2. The number of amides is 2. The molecule has 0 unspecified atom stereocenters. The summed E-state index contributed by atoms with van der Waals surface area (Å²) in [6.07, 6.45) is 0.296. The average Bonchev–Trinajstić information content (AvgIpc) is 2.48. The third-order valence-corrected chi connectivity index (χ3v) is 4.12. The molecule has 1 heterocycles. The highest BCUT2D eigenvalue weighted by atomic mass is 32.2. The van der Waals surface area contributed by atoms with Crippen molar-refractivity contribution in [1.82, 2.24) is 10.2 Å². The van der Waals surface area contributed by atoms with E-state index in [-0.39, 0.29) is 6.03 Å². The van der Waals surface area contributed by atoms with Gasteiger partial charge in [0, 0.05) is 31.0 Å². The number of hydrogen-bond acceptors (Lipinski definition) is 3. The molecule has 5 nitrogen and oxygen atoms in total. The Bertz CT molecular complexity index is 461. The molecule has 0 spiro atoms. The Morgan fingerprint density at radius 2 is 1.90 bits per heavy atom. The van der Waals surface area contributed by atoms with Crippen LogP contribution in [0.25, 0.3) is 0 Å². The van der Waals surface area contributed by atoms with Crippen molar-refractivity contribution in [2.45, 2.75) is 12.5 Å². The van der Waals surface area contributed by atoms with Crippen molar-refractivity contribution in [3.05, 3.63) is 35.9 Å². The number of urea groups is 1. The summed E-state index contributed by atoms with van der Waals surface area (Å²) < 4.78 is 0. The summed E-state index contributed by atoms with van der Waals surface area (Å²) in [4.78, 5) is 25.0. The van der Waals surface area contributed by atoms with Crippen molar-refractivity contribution >= 4 is 23.8 Å². The second-order valence-electron chi connectivity index (χ2n) is 4.63. The molecule has 0 aromatic heterocycles. The summed E-state index contributed by atoms with van der Waals surface area (Å²) in [6.45, 7) is 1.35. The van der Waals surface area contributed by atoms with Gasteiger partial charge in [-0.05, 0) is 5.56 Å². The van der Waals surface area contributed by atoms with Crippen LogP contribution in [-0.4, -0.2) is 52.6 Å². The second kappa shape index (κ2) is 7.19. The lowest BCUT2D eigenvalue weighted by molar-refractivity contribution is -0.139. The Morgan fingerprint density at radius 1 is 1.25 bits per heavy atom. The lowest BCUT2D eigenvalue weighted by atomic mass is 10.1. The van der Waals surface area contributed by atoms with Gasteiger partial charge >= 0.3 is 12.0 Å². The highest BCUT2D eigenvalue weighted by Crippen LogP contribution is 2.10. The fourth-order valence-electron chi connectivity index (χ4n) is 2.06. The van der Waals surface area contributed by atoms with E-state index in [0.717, 1.165) is 17.1 Å². The molecule has 1 aliphatic rings. The first-order valence-electron chi connectivity index (χ1n) is 6.57. The molecule has 0 aliphatic carbocycles. The van der Waals surface area contributed by atoms with Crippen LogP contribution in [0.5, 0.6) is 0 Å². The lowest BCUT2D eigenvalue weighted by Gasteiger charge is -2.28. The van der Waals surface area contributed by atoms with Gasteiger partial charge in [0.1, 0.15) is 6.04 Å². The van der Waals surface area contributed by atoms with E-state index in [4.69, 9.17) is 0 Å². The zero-order valence-corrected chi connectivity index (χ0v) is 11.9. The summed E-state index contributed by atoms with van der Waals surface area (Å²) in [5.41, 5.74) is 0.898. The summed E-state index contributed by atoms with van der Waals surface area (Å²) >= 11 is 1.81. The van der Waals surface area contributed by atoms with E-state index < -0.39 is 12.0 Å². The van der Waals surface area contributed by atoms with Crippen LogP contribution in [0, 0.1) is 0 Å². The first-order valence-corrected chi connectivity index (χ1v) is 7.72. The van der Waals surface area contributed by atoms with Gasteiger partial charge in [-0.25, -0.2) is 9.59 Å². The molecule has 6 heteroatoms. The molecule has 1 aliphatic heterocycles. The smallest absolute Gasteiger partial charge is 0.326 e. The minimum atomic E-state index is -1.01. The number of carboxylic acid groups (broad SMARTS) is 1. The summed E-state index contributed by atoms with van der Waals surface area (Å²) in [6, 6.07) is 8.14. The van der Waals surface area contributed by atoms with Gasteiger partial charge in [0.25, 0.3) is 0 Å². The molecule has 108 valence electrons. The number of hydrogen-bond donors (Lipinski definition) is 2. The largest absolute Gasteiger partial charge is 0.480 e. The van der Waals surface area contributed by atoms with Crippen molar-refractivity contribution in [2.24, 2.45) is 0 Å². The fraction of sp³-hybridized carbons (Fsp3) is 0.429. The molecule has 0 radical (unpaired) electrons. The van der Waals surface area contributed by atoms with Crippen LogP contribution in [0.3, 0.4) is 0 Å². The number of carboxylic acids is 1. The van der Waals surface area contributed by atoms with Crippen molar-refractivity contribution in [1.29, 1.82) is 0 Å². The highest BCUT2D eigenvalue weighted by molar-refractivity contribution is 7.99. The molecule has 20 heavy (non-hydrogen) atoms. The SMILES string of the molecule is O=C(O)[C@H](Cc1ccccc1)NC(=O)N1CCSCC1.